The van der Waals surface area contributed by atoms with E-state index in [-0.39, 0.29) is 5.91 Å². The molecular weight excluding hydrogens is 330 g/mol. The second-order valence-electron chi connectivity index (χ2n) is 5.12. The third kappa shape index (κ3) is 6.97. The van der Waals surface area contributed by atoms with E-state index in [2.05, 4.69) is 5.32 Å². The van der Waals surface area contributed by atoms with Gasteiger partial charge in [0.25, 0.3) is 0 Å². The number of amides is 1. The molecular formula is C18H20ClNO2S. The van der Waals surface area contributed by atoms with Gasteiger partial charge in [0.2, 0.25) is 5.91 Å². The Labute approximate surface area is 146 Å². The molecule has 0 aromatic heterocycles. The molecule has 0 unspecified atom stereocenters. The molecule has 1 N–H and O–H groups in total. The molecule has 0 saturated carbocycles. The number of aryl methyl sites for hydroxylation is 1. The fourth-order valence-corrected chi connectivity index (χ4v) is 2.70. The van der Waals surface area contributed by atoms with E-state index in [4.69, 9.17) is 16.3 Å². The molecule has 0 saturated heterocycles. The van der Waals surface area contributed by atoms with Crippen LogP contribution in [0.1, 0.15) is 11.1 Å². The minimum Gasteiger partial charge on any atom is -0.493 e. The number of benzene rings is 2. The Bertz CT molecular complexity index is 631. The van der Waals surface area contributed by atoms with E-state index in [1.807, 2.05) is 55.5 Å². The normalized spacial score (nSPS) is 10.3. The SMILES string of the molecule is Cc1cccc(OCCSCC(=O)NCc2ccc(Cl)cc2)c1. The predicted molar refractivity (Wildman–Crippen MR) is 97.3 cm³/mol. The van der Waals surface area contributed by atoms with Gasteiger partial charge in [-0.15, -0.1) is 11.8 Å². The summed E-state index contributed by atoms with van der Waals surface area (Å²) in [4.78, 5) is 11.8. The minimum atomic E-state index is 0.0282. The third-order valence-electron chi connectivity index (χ3n) is 3.12. The highest BCUT2D eigenvalue weighted by Gasteiger charge is 2.02. The van der Waals surface area contributed by atoms with Gasteiger partial charge in [-0.05, 0) is 42.3 Å². The number of hydrogen-bond donors (Lipinski definition) is 1. The molecule has 3 nitrogen and oxygen atoms in total. The lowest BCUT2D eigenvalue weighted by atomic mass is 10.2. The number of rotatable bonds is 8. The molecule has 122 valence electrons. The maximum absolute atomic E-state index is 11.8. The van der Waals surface area contributed by atoms with Crippen molar-refractivity contribution in [1.82, 2.24) is 5.32 Å². The largest absolute Gasteiger partial charge is 0.493 e. The Kier molecular flexibility index (Phi) is 7.30. The monoisotopic (exact) mass is 349 g/mol. The van der Waals surface area contributed by atoms with Crippen LogP contribution in [-0.2, 0) is 11.3 Å². The van der Waals surface area contributed by atoms with Gasteiger partial charge in [0, 0.05) is 17.3 Å². The summed E-state index contributed by atoms with van der Waals surface area (Å²) < 4.78 is 5.64. The average Bonchev–Trinajstić information content (AvgIpc) is 2.54. The molecule has 23 heavy (non-hydrogen) atoms. The number of halogens is 1. The number of nitrogens with one attached hydrogen (secondary N) is 1. The van der Waals surface area contributed by atoms with Gasteiger partial charge in [0.05, 0.1) is 12.4 Å². The molecule has 0 bridgehead atoms. The summed E-state index contributed by atoms with van der Waals surface area (Å²) in [5, 5.41) is 3.59. The van der Waals surface area contributed by atoms with Gasteiger partial charge in [-0.25, -0.2) is 0 Å². The Morgan fingerprint density at radius 1 is 1.22 bits per heavy atom. The zero-order valence-corrected chi connectivity index (χ0v) is 14.6. The summed E-state index contributed by atoms with van der Waals surface area (Å²) in [6.07, 6.45) is 0. The van der Waals surface area contributed by atoms with Gasteiger partial charge in [0.1, 0.15) is 5.75 Å². The van der Waals surface area contributed by atoms with Crippen LogP contribution in [0.2, 0.25) is 5.02 Å². The fourth-order valence-electron chi connectivity index (χ4n) is 1.94. The van der Waals surface area contributed by atoms with E-state index < -0.39 is 0 Å². The van der Waals surface area contributed by atoms with Crippen LogP contribution in [0.15, 0.2) is 48.5 Å². The lowest BCUT2D eigenvalue weighted by Gasteiger charge is -2.07. The van der Waals surface area contributed by atoms with Gasteiger partial charge < -0.3 is 10.1 Å². The minimum absolute atomic E-state index is 0.0282. The number of carbonyl (C=O) groups is 1. The second kappa shape index (κ2) is 9.48. The van der Waals surface area contributed by atoms with Crippen molar-refractivity contribution >= 4 is 29.3 Å². The Hall–Kier alpha value is -1.65. The average molecular weight is 350 g/mol. The molecule has 5 heteroatoms. The molecule has 0 spiro atoms. The molecule has 0 aliphatic rings. The summed E-state index contributed by atoms with van der Waals surface area (Å²) in [6.45, 7) is 3.15. The van der Waals surface area contributed by atoms with Crippen molar-refractivity contribution < 1.29 is 9.53 Å². The van der Waals surface area contributed by atoms with Gasteiger partial charge in [-0.1, -0.05) is 35.9 Å². The standard InChI is InChI=1S/C18H20ClNO2S/c1-14-3-2-4-17(11-14)22-9-10-23-13-18(21)20-12-15-5-7-16(19)8-6-15/h2-8,11H,9-10,12-13H2,1H3,(H,20,21). The van der Waals surface area contributed by atoms with Crippen molar-refractivity contribution in [3.63, 3.8) is 0 Å². The molecule has 0 fully saturated rings. The van der Waals surface area contributed by atoms with Crippen LogP contribution in [0.25, 0.3) is 0 Å². The van der Waals surface area contributed by atoms with Crippen LogP contribution < -0.4 is 10.1 Å². The molecule has 1 amide bonds. The molecule has 0 radical (unpaired) electrons. The third-order valence-corrected chi connectivity index (χ3v) is 4.30. The quantitative estimate of drug-likeness (QED) is 0.730. The fraction of sp³-hybridized carbons (Fsp3) is 0.278. The van der Waals surface area contributed by atoms with E-state index in [0.717, 1.165) is 17.1 Å². The van der Waals surface area contributed by atoms with Crippen molar-refractivity contribution in [2.75, 3.05) is 18.1 Å². The summed E-state index contributed by atoms with van der Waals surface area (Å²) in [7, 11) is 0. The topological polar surface area (TPSA) is 38.3 Å². The smallest absolute Gasteiger partial charge is 0.230 e. The molecule has 0 heterocycles. The van der Waals surface area contributed by atoms with Crippen molar-refractivity contribution in [3.8, 4) is 5.75 Å². The van der Waals surface area contributed by atoms with E-state index >= 15 is 0 Å². The first-order chi connectivity index (χ1) is 11.1. The van der Waals surface area contributed by atoms with Crippen molar-refractivity contribution in [2.45, 2.75) is 13.5 Å². The van der Waals surface area contributed by atoms with Crippen molar-refractivity contribution in [2.24, 2.45) is 0 Å². The second-order valence-corrected chi connectivity index (χ2v) is 6.66. The van der Waals surface area contributed by atoms with Crippen molar-refractivity contribution in [3.05, 3.63) is 64.7 Å². The van der Waals surface area contributed by atoms with Crippen LogP contribution in [0, 0.1) is 6.92 Å². The van der Waals surface area contributed by atoms with E-state index in [9.17, 15) is 4.79 Å². The van der Waals surface area contributed by atoms with Crippen LogP contribution in [0.3, 0.4) is 0 Å². The van der Waals surface area contributed by atoms with Gasteiger partial charge in [0.15, 0.2) is 0 Å². The first-order valence-electron chi connectivity index (χ1n) is 7.42. The maximum Gasteiger partial charge on any atom is 0.230 e. The van der Waals surface area contributed by atoms with Gasteiger partial charge >= 0.3 is 0 Å². The van der Waals surface area contributed by atoms with E-state index in [0.29, 0.717) is 23.9 Å². The molecule has 2 aromatic rings. The predicted octanol–water partition coefficient (Wildman–Crippen LogP) is 4.08. The van der Waals surface area contributed by atoms with Crippen LogP contribution in [0.5, 0.6) is 5.75 Å². The first kappa shape index (κ1) is 17.7. The highest BCUT2D eigenvalue weighted by Crippen LogP contribution is 2.13. The van der Waals surface area contributed by atoms with Crippen LogP contribution in [0.4, 0.5) is 0 Å². The first-order valence-corrected chi connectivity index (χ1v) is 8.95. The Balaban J connectivity index is 1.57. The molecule has 2 rings (SSSR count). The Morgan fingerprint density at radius 2 is 2.00 bits per heavy atom. The molecule has 0 atom stereocenters. The van der Waals surface area contributed by atoms with E-state index in [1.165, 1.54) is 5.56 Å². The lowest BCUT2D eigenvalue weighted by Crippen LogP contribution is -2.24. The number of hydrogen-bond acceptors (Lipinski definition) is 3. The van der Waals surface area contributed by atoms with Crippen LogP contribution in [-0.4, -0.2) is 24.0 Å². The molecule has 0 aliphatic heterocycles. The molecule has 2 aromatic carbocycles. The molecule has 0 aliphatic carbocycles. The number of ether oxygens (including phenoxy) is 1. The highest BCUT2D eigenvalue weighted by molar-refractivity contribution is 7.99. The Morgan fingerprint density at radius 3 is 2.74 bits per heavy atom. The highest BCUT2D eigenvalue weighted by atomic mass is 35.5. The summed E-state index contributed by atoms with van der Waals surface area (Å²) in [5.41, 5.74) is 2.22. The summed E-state index contributed by atoms with van der Waals surface area (Å²) >= 11 is 7.39. The summed E-state index contributed by atoms with van der Waals surface area (Å²) in [5.74, 6) is 2.12. The zero-order valence-electron chi connectivity index (χ0n) is 13.0. The zero-order chi connectivity index (χ0) is 16.5. The van der Waals surface area contributed by atoms with Gasteiger partial charge in [-0.3, -0.25) is 4.79 Å². The van der Waals surface area contributed by atoms with Crippen LogP contribution >= 0.6 is 23.4 Å². The summed E-state index contributed by atoms with van der Waals surface area (Å²) in [6, 6.07) is 15.4. The van der Waals surface area contributed by atoms with Gasteiger partial charge in [-0.2, -0.15) is 0 Å². The van der Waals surface area contributed by atoms with Crippen molar-refractivity contribution in [1.29, 1.82) is 0 Å². The lowest BCUT2D eigenvalue weighted by molar-refractivity contribution is -0.118. The van der Waals surface area contributed by atoms with E-state index in [1.54, 1.807) is 11.8 Å². The number of carbonyl (C=O) groups excluding carboxylic acids is 1. The maximum atomic E-state index is 11.8. The number of thioether (sulfide) groups is 1.